The fourth-order valence-electron chi connectivity index (χ4n) is 2.34. The molecule has 0 saturated carbocycles. The second-order valence-electron chi connectivity index (χ2n) is 5.82. The molecule has 2 N–H and O–H groups in total. The maximum atomic E-state index is 12.4. The number of amides is 1. The normalized spacial score (nSPS) is 11.2. The van der Waals surface area contributed by atoms with E-state index in [1.165, 1.54) is 0 Å². The molecule has 2 rings (SSSR count). The van der Waals surface area contributed by atoms with Crippen LogP contribution in [0.5, 0.6) is 0 Å². The van der Waals surface area contributed by atoms with Crippen molar-refractivity contribution in [3.05, 3.63) is 54.1 Å². The molecule has 2 aromatic carbocycles. The van der Waals surface area contributed by atoms with Crippen molar-refractivity contribution in [3.8, 4) is 0 Å². The maximum absolute atomic E-state index is 12.4. The van der Waals surface area contributed by atoms with Gasteiger partial charge in [-0.1, -0.05) is 19.8 Å². The third kappa shape index (κ3) is 5.78. The van der Waals surface area contributed by atoms with Gasteiger partial charge in [0, 0.05) is 22.7 Å². The van der Waals surface area contributed by atoms with Crippen LogP contribution in [0.2, 0.25) is 0 Å². The SMILES string of the molecule is CCCCCNC(=O)c1ccc(NS(=O)(=O)c2ccc(SC)cc2)cc1. The third-order valence-corrected chi connectivity index (χ3v) is 5.98. The highest BCUT2D eigenvalue weighted by atomic mass is 32.2. The Kier molecular flexibility index (Phi) is 7.53. The number of rotatable bonds is 9. The van der Waals surface area contributed by atoms with Crippen molar-refractivity contribution >= 4 is 33.4 Å². The van der Waals surface area contributed by atoms with Gasteiger partial charge in [0.15, 0.2) is 0 Å². The van der Waals surface area contributed by atoms with Crippen LogP contribution in [-0.4, -0.2) is 27.1 Å². The molecule has 0 aliphatic rings. The van der Waals surface area contributed by atoms with Gasteiger partial charge >= 0.3 is 0 Å². The summed E-state index contributed by atoms with van der Waals surface area (Å²) in [6.07, 6.45) is 5.07. The van der Waals surface area contributed by atoms with Gasteiger partial charge in [0.1, 0.15) is 0 Å². The van der Waals surface area contributed by atoms with Crippen LogP contribution in [0, 0.1) is 0 Å². The molecule has 0 aliphatic heterocycles. The van der Waals surface area contributed by atoms with E-state index in [-0.39, 0.29) is 10.8 Å². The van der Waals surface area contributed by atoms with Gasteiger partial charge in [0.2, 0.25) is 0 Å². The van der Waals surface area contributed by atoms with Crippen LogP contribution in [-0.2, 0) is 10.0 Å². The molecule has 0 aromatic heterocycles. The van der Waals surface area contributed by atoms with Crippen LogP contribution in [0.1, 0.15) is 36.5 Å². The van der Waals surface area contributed by atoms with Gasteiger partial charge in [-0.05, 0) is 61.2 Å². The Bertz CT molecular complexity index is 817. The Labute approximate surface area is 159 Å². The molecule has 0 heterocycles. The van der Waals surface area contributed by atoms with Crippen molar-refractivity contribution in [2.24, 2.45) is 0 Å². The number of carbonyl (C=O) groups excluding carboxylic acids is 1. The van der Waals surface area contributed by atoms with Crippen LogP contribution < -0.4 is 10.0 Å². The van der Waals surface area contributed by atoms with Gasteiger partial charge < -0.3 is 5.32 Å². The van der Waals surface area contributed by atoms with Crippen LogP contribution >= 0.6 is 11.8 Å². The Balaban J connectivity index is 2.00. The van der Waals surface area contributed by atoms with Crippen molar-refractivity contribution < 1.29 is 13.2 Å². The zero-order chi connectivity index (χ0) is 19.0. The van der Waals surface area contributed by atoms with Crippen molar-refractivity contribution in [1.82, 2.24) is 5.32 Å². The van der Waals surface area contributed by atoms with E-state index in [2.05, 4.69) is 17.0 Å². The van der Waals surface area contributed by atoms with E-state index < -0.39 is 10.0 Å². The maximum Gasteiger partial charge on any atom is 0.261 e. The second kappa shape index (κ2) is 9.64. The van der Waals surface area contributed by atoms with Crippen molar-refractivity contribution in [1.29, 1.82) is 0 Å². The largest absolute Gasteiger partial charge is 0.352 e. The standard InChI is InChI=1S/C19H24N2O3S2/c1-3-4-5-14-20-19(22)15-6-8-16(9-7-15)21-26(23,24)18-12-10-17(25-2)11-13-18/h6-13,21H,3-5,14H2,1-2H3,(H,20,22). The van der Waals surface area contributed by atoms with Crippen molar-refractivity contribution in [3.63, 3.8) is 0 Å². The average Bonchev–Trinajstić information content (AvgIpc) is 2.65. The molecule has 7 heteroatoms. The fourth-order valence-corrected chi connectivity index (χ4v) is 3.80. The Morgan fingerprint density at radius 2 is 1.65 bits per heavy atom. The Morgan fingerprint density at radius 3 is 2.23 bits per heavy atom. The minimum Gasteiger partial charge on any atom is -0.352 e. The van der Waals surface area contributed by atoms with E-state index in [9.17, 15) is 13.2 Å². The summed E-state index contributed by atoms with van der Waals surface area (Å²) in [6, 6.07) is 13.1. The van der Waals surface area contributed by atoms with Crippen LogP contribution in [0.15, 0.2) is 58.3 Å². The number of thioether (sulfide) groups is 1. The number of hydrogen-bond acceptors (Lipinski definition) is 4. The molecule has 0 radical (unpaired) electrons. The number of unbranched alkanes of at least 4 members (excludes halogenated alkanes) is 2. The van der Waals surface area contributed by atoms with E-state index in [4.69, 9.17) is 0 Å². The Hall–Kier alpha value is -1.99. The predicted octanol–water partition coefficient (Wildman–Crippen LogP) is 4.13. The molecule has 1 amide bonds. The van der Waals surface area contributed by atoms with Gasteiger partial charge in [-0.3, -0.25) is 9.52 Å². The summed E-state index contributed by atoms with van der Waals surface area (Å²) in [4.78, 5) is 13.2. The third-order valence-electron chi connectivity index (χ3n) is 3.83. The summed E-state index contributed by atoms with van der Waals surface area (Å²) < 4.78 is 27.4. The van der Waals surface area contributed by atoms with E-state index >= 15 is 0 Å². The number of anilines is 1. The van der Waals surface area contributed by atoms with Gasteiger partial charge in [-0.25, -0.2) is 8.42 Å². The van der Waals surface area contributed by atoms with E-state index in [1.807, 2.05) is 6.26 Å². The lowest BCUT2D eigenvalue weighted by molar-refractivity contribution is 0.0953. The number of nitrogens with one attached hydrogen (secondary N) is 2. The molecule has 0 unspecified atom stereocenters. The topological polar surface area (TPSA) is 75.3 Å². The molecule has 0 atom stereocenters. The predicted molar refractivity (Wildman–Crippen MR) is 107 cm³/mol. The highest BCUT2D eigenvalue weighted by Gasteiger charge is 2.14. The molecule has 2 aromatic rings. The lowest BCUT2D eigenvalue weighted by Crippen LogP contribution is -2.24. The first-order valence-corrected chi connectivity index (χ1v) is 11.2. The molecule has 0 saturated heterocycles. The van der Waals surface area contributed by atoms with E-state index in [0.717, 1.165) is 24.2 Å². The number of sulfonamides is 1. The molecular formula is C19H24N2O3S2. The van der Waals surface area contributed by atoms with Crippen LogP contribution in [0.25, 0.3) is 0 Å². The summed E-state index contributed by atoms with van der Waals surface area (Å²) in [6.45, 7) is 2.76. The first kappa shape index (κ1) is 20.3. The van der Waals surface area contributed by atoms with Gasteiger partial charge in [0.25, 0.3) is 15.9 Å². The summed E-state index contributed by atoms with van der Waals surface area (Å²) in [5, 5.41) is 2.86. The second-order valence-corrected chi connectivity index (χ2v) is 8.38. The van der Waals surface area contributed by atoms with E-state index in [0.29, 0.717) is 17.8 Å². The van der Waals surface area contributed by atoms with Crippen LogP contribution in [0.4, 0.5) is 5.69 Å². The first-order chi connectivity index (χ1) is 12.5. The van der Waals surface area contributed by atoms with Crippen molar-refractivity contribution in [2.75, 3.05) is 17.5 Å². The van der Waals surface area contributed by atoms with Gasteiger partial charge in [0.05, 0.1) is 4.90 Å². The number of benzene rings is 2. The summed E-state index contributed by atoms with van der Waals surface area (Å²) in [7, 11) is -3.65. The lowest BCUT2D eigenvalue weighted by atomic mass is 10.2. The number of carbonyl (C=O) groups is 1. The summed E-state index contributed by atoms with van der Waals surface area (Å²) in [5.41, 5.74) is 0.926. The average molecular weight is 393 g/mol. The highest BCUT2D eigenvalue weighted by molar-refractivity contribution is 7.98. The monoisotopic (exact) mass is 392 g/mol. The smallest absolute Gasteiger partial charge is 0.261 e. The summed E-state index contributed by atoms with van der Waals surface area (Å²) in [5.74, 6) is -0.150. The summed E-state index contributed by atoms with van der Waals surface area (Å²) >= 11 is 1.55. The molecule has 0 aliphatic carbocycles. The molecular weight excluding hydrogens is 368 g/mol. The van der Waals surface area contributed by atoms with Gasteiger partial charge in [-0.2, -0.15) is 0 Å². The quantitative estimate of drug-likeness (QED) is 0.497. The van der Waals surface area contributed by atoms with Crippen molar-refractivity contribution in [2.45, 2.75) is 36.0 Å². The molecule has 5 nitrogen and oxygen atoms in total. The highest BCUT2D eigenvalue weighted by Crippen LogP contribution is 2.20. The molecule has 0 bridgehead atoms. The zero-order valence-electron chi connectivity index (χ0n) is 15.0. The Morgan fingerprint density at radius 1 is 1.00 bits per heavy atom. The molecule has 26 heavy (non-hydrogen) atoms. The zero-order valence-corrected chi connectivity index (χ0v) is 16.6. The van der Waals surface area contributed by atoms with E-state index in [1.54, 1.807) is 60.3 Å². The molecule has 0 spiro atoms. The number of hydrogen-bond donors (Lipinski definition) is 2. The lowest BCUT2D eigenvalue weighted by Gasteiger charge is -2.10. The molecule has 140 valence electrons. The first-order valence-electron chi connectivity index (χ1n) is 8.51. The van der Waals surface area contributed by atoms with Crippen LogP contribution in [0.3, 0.4) is 0 Å². The molecule has 0 fully saturated rings. The minimum atomic E-state index is -3.65. The van der Waals surface area contributed by atoms with Gasteiger partial charge in [-0.15, -0.1) is 11.8 Å². The minimum absolute atomic E-state index is 0.150. The fraction of sp³-hybridized carbons (Fsp3) is 0.316.